The smallest absolute Gasteiger partial charge is 0.255 e. The van der Waals surface area contributed by atoms with Crippen LogP contribution in [0.3, 0.4) is 0 Å². The first-order chi connectivity index (χ1) is 10.6. The molecule has 0 unspecified atom stereocenters. The number of amides is 1. The van der Waals surface area contributed by atoms with Crippen LogP contribution >= 0.6 is 15.9 Å². The second-order valence-electron chi connectivity index (χ2n) is 5.03. The maximum Gasteiger partial charge on any atom is 0.255 e. The third-order valence-corrected chi connectivity index (χ3v) is 3.76. The first-order valence-electron chi connectivity index (χ1n) is 6.88. The van der Waals surface area contributed by atoms with Crippen LogP contribution < -0.4 is 9.47 Å². The van der Waals surface area contributed by atoms with Crippen molar-refractivity contribution in [3.8, 4) is 11.5 Å². The Morgan fingerprint density at radius 3 is 2.77 bits per heavy atom. The van der Waals surface area contributed by atoms with Gasteiger partial charge in [0, 0.05) is 30.5 Å². The van der Waals surface area contributed by atoms with Crippen molar-refractivity contribution >= 4 is 21.8 Å². The lowest BCUT2D eigenvalue weighted by atomic mass is 10.1. The summed E-state index contributed by atoms with van der Waals surface area (Å²) >= 11 is 3.32. The zero-order valence-electron chi connectivity index (χ0n) is 12.1. The lowest BCUT2D eigenvalue weighted by Crippen LogP contribution is -2.26. The summed E-state index contributed by atoms with van der Waals surface area (Å²) in [6.45, 7) is 1.61. The van der Waals surface area contributed by atoms with Gasteiger partial charge in [0.25, 0.3) is 5.91 Å². The third kappa shape index (κ3) is 3.22. The zero-order chi connectivity index (χ0) is 15.5. The van der Waals surface area contributed by atoms with Gasteiger partial charge in [-0.3, -0.25) is 9.78 Å². The second-order valence-corrected chi connectivity index (χ2v) is 5.95. The quantitative estimate of drug-likeness (QED) is 0.842. The predicted octanol–water partition coefficient (Wildman–Crippen LogP) is 2.89. The minimum absolute atomic E-state index is 0.0799. The predicted molar refractivity (Wildman–Crippen MR) is 85.2 cm³/mol. The summed E-state index contributed by atoms with van der Waals surface area (Å²) in [6, 6.07) is 7.49. The van der Waals surface area contributed by atoms with Crippen molar-refractivity contribution in [2.75, 3.05) is 20.3 Å². The highest BCUT2D eigenvalue weighted by atomic mass is 79.9. The van der Waals surface area contributed by atoms with Gasteiger partial charge < -0.3 is 14.4 Å². The van der Waals surface area contributed by atoms with Crippen LogP contribution in [0.2, 0.25) is 0 Å². The molecular weight excluding hydrogens is 348 g/mol. The lowest BCUT2D eigenvalue weighted by molar-refractivity contribution is 0.0784. The fourth-order valence-corrected chi connectivity index (χ4v) is 2.65. The van der Waals surface area contributed by atoms with Crippen LogP contribution in [0.4, 0.5) is 0 Å². The first kappa shape index (κ1) is 14.8. The fourth-order valence-electron chi connectivity index (χ4n) is 2.28. The maximum atomic E-state index is 12.4. The molecule has 1 aromatic heterocycles. The molecule has 1 amide bonds. The molecule has 0 aliphatic carbocycles. The van der Waals surface area contributed by atoms with Gasteiger partial charge in [0.05, 0.1) is 5.56 Å². The highest BCUT2D eigenvalue weighted by Gasteiger charge is 2.15. The van der Waals surface area contributed by atoms with Gasteiger partial charge in [-0.05, 0) is 39.7 Å². The third-order valence-electron chi connectivity index (χ3n) is 3.32. The SMILES string of the molecule is CN(Cc1ccc2c(c1)OCCO2)C(=O)c1cncc(Br)c1. The molecule has 2 aromatic rings. The first-order valence-corrected chi connectivity index (χ1v) is 7.67. The number of carbonyl (C=O) groups excluding carboxylic acids is 1. The molecule has 0 fully saturated rings. The standard InChI is InChI=1S/C16H15BrN2O3/c1-19(16(20)12-7-13(17)9-18-8-12)10-11-2-3-14-15(6-11)22-5-4-21-14/h2-3,6-9H,4-5,10H2,1H3. The molecule has 0 saturated carbocycles. The Morgan fingerprint density at radius 2 is 2.00 bits per heavy atom. The number of aromatic nitrogens is 1. The van der Waals surface area contributed by atoms with E-state index in [2.05, 4.69) is 20.9 Å². The van der Waals surface area contributed by atoms with Crippen molar-refractivity contribution in [2.45, 2.75) is 6.54 Å². The van der Waals surface area contributed by atoms with Crippen LogP contribution in [0, 0.1) is 0 Å². The number of pyridine rings is 1. The Kier molecular flexibility index (Phi) is 4.29. The molecule has 5 nitrogen and oxygen atoms in total. The van der Waals surface area contributed by atoms with Crippen molar-refractivity contribution in [3.05, 3.63) is 52.3 Å². The van der Waals surface area contributed by atoms with E-state index in [1.165, 1.54) is 0 Å². The number of fused-ring (bicyclic) bond motifs is 1. The van der Waals surface area contributed by atoms with Gasteiger partial charge in [-0.25, -0.2) is 0 Å². The molecule has 6 heteroatoms. The summed E-state index contributed by atoms with van der Waals surface area (Å²) in [5.74, 6) is 1.40. The van der Waals surface area contributed by atoms with E-state index in [4.69, 9.17) is 9.47 Å². The number of ether oxygens (including phenoxy) is 2. The molecule has 3 rings (SSSR count). The Hall–Kier alpha value is -2.08. The van der Waals surface area contributed by atoms with Gasteiger partial charge in [0.2, 0.25) is 0 Å². The molecular formula is C16H15BrN2O3. The van der Waals surface area contributed by atoms with Crippen LogP contribution in [-0.4, -0.2) is 36.1 Å². The summed E-state index contributed by atoms with van der Waals surface area (Å²) < 4.78 is 11.8. The van der Waals surface area contributed by atoms with E-state index in [0.717, 1.165) is 21.5 Å². The Morgan fingerprint density at radius 1 is 1.23 bits per heavy atom. The summed E-state index contributed by atoms with van der Waals surface area (Å²) in [5, 5.41) is 0. The zero-order valence-corrected chi connectivity index (χ0v) is 13.7. The molecule has 0 N–H and O–H groups in total. The molecule has 0 atom stereocenters. The van der Waals surface area contributed by atoms with E-state index in [1.807, 2.05) is 18.2 Å². The van der Waals surface area contributed by atoms with Crippen LogP contribution in [0.15, 0.2) is 41.1 Å². The number of hydrogen-bond acceptors (Lipinski definition) is 4. The molecule has 1 aromatic carbocycles. The van der Waals surface area contributed by atoms with Crippen LogP contribution in [-0.2, 0) is 6.54 Å². The second kappa shape index (κ2) is 6.36. The maximum absolute atomic E-state index is 12.4. The van der Waals surface area contributed by atoms with Gasteiger partial charge in [-0.1, -0.05) is 6.07 Å². The molecule has 0 saturated heterocycles. The number of nitrogens with zero attached hydrogens (tertiary/aromatic N) is 2. The van der Waals surface area contributed by atoms with Crippen LogP contribution in [0.25, 0.3) is 0 Å². The van der Waals surface area contributed by atoms with E-state index in [-0.39, 0.29) is 5.91 Å². The van der Waals surface area contributed by atoms with E-state index in [1.54, 1.807) is 30.4 Å². The summed E-state index contributed by atoms with van der Waals surface area (Å²) in [7, 11) is 1.76. The van der Waals surface area contributed by atoms with Crippen LogP contribution in [0.5, 0.6) is 11.5 Å². The van der Waals surface area contributed by atoms with Gasteiger partial charge in [0.15, 0.2) is 11.5 Å². The number of halogens is 1. The molecule has 22 heavy (non-hydrogen) atoms. The minimum atomic E-state index is -0.0799. The minimum Gasteiger partial charge on any atom is -0.486 e. The number of carbonyl (C=O) groups is 1. The number of hydrogen-bond donors (Lipinski definition) is 0. The fraction of sp³-hybridized carbons (Fsp3) is 0.250. The average molecular weight is 363 g/mol. The van der Waals surface area contributed by atoms with Gasteiger partial charge in [0.1, 0.15) is 13.2 Å². The number of benzene rings is 1. The highest BCUT2D eigenvalue weighted by Crippen LogP contribution is 2.31. The monoisotopic (exact) mass is 362 g/mol. The topological polar surface area (TPSA) is 51.7 Å². The van der Waals surface area contributed by atoms with Gasteiger partial charge >= 0.3 is 0 Å². The molecule has 114 valence electrons. The van der Waals surface area contributed by atoms with Crippen molar-refractivity contribution < 1.29 is 14.3 Å². The van der Waals surface area contributed by atoms with Crippen molar-refractivity contribution in [1.29, 1.82) is 0 Å². The Labute approximate surface area is 137 Å². The van der Waals surface area contributed by atoms with E-state index < -0.39 is 0 Å². The lowest BCUT2D eigenvalue weighted by Gasteiger charge is -2.21. The average Bonchev–Trinajstić information content (AvgIpc) is 2.54. The molecule has 0 radical (unpaired) electrons. The number of rotatable bonds is 3. The largest absolute Gasteiger partial charge is 0.486 e. The van der Waals surface area contributed by atoms with E-state index in [9.17, 15) is 4.79 Å². The summed E-state index contributed by atoms with van der Waals surface area (Å²) in [4.78, 5) is 18.1. The van der Waals surface area contributed by atoms with Crippen molar-refractivity contribution in [2.24, 2.45) is 0 Å². The normalized spacial score (nSPS) is 12.8. The summed E-state index contributed by atoms with van der Waals surface area (Å²) in [6.07, 6.45) is 3.21. The van der Waals surface area contributed by atoms with Crippen molar-refractivity contribution in [3.63, 3.8) is 0 Å². The van der Waals surface area contributed by atoms with E-state index in [0.29, 0.717) is 25.3 Å². The molecule has 1 aliphatic rings. The highest BCUT2D eigenvalue weighted by molar-refractivity contribution is 9.10. The van der Waals surface area contributed by atoms with Crippen molar-refractivity contribution in [1.82, 2.24) is 9.88 Å². The van der Waals surface area contributed by atoms with Gasteiger partial charge in [-0.2, -0.15) is 0 Å². The summed E-state index contributed by atoms with van der Waals surface area (Å²) in [5.41, 5.74) is 1.54. The van der Waals surface area contributed by atoms with E-state index >= 15 is 0 Å². The molecule has 1 aliphatic heterocycles. The molecule has 0 spiro atoms. The molecule has 0 bridgehead atoms. The molecule has 2 heterocycles. The van der Waals surface area contributed by atoms with Gasteiger partial charge in [-0.15, -0.1) is 0 Å². The Balaban J connectivity index is 1.73. The van der Waals surface area contributed by atoms with Crippen LogP contribution in [0.1, 0.15) is 15.9 Å². The Bertz CT molecular complexity index is 706.